The number of aromatic nitrogens is 4. The number of rotatable bonds is 4. The van der Waals surface area contributed by atoms with Gasteiger partial charge in [-0.2, -0.15) is 13.2 Å². The molecule has 2 aliphatic carbocycles. The Hall–Kier alpha value is -2.65. The van der Waals surface area contributed by atoms with Crippen LogP contribution in [-0.2, 0) is 13.2 Å². The average Bonchev–Trinajstić information content (AvgIpc) is 2.99. The first-order valence-electron chi connectivity index (χ1n) is 9.22. The van der Waals surface area contributed by atoms with Gasteiger partial charge in [0.2, 0.25) is 0 Å². The van der Waals surface area contributed by atoms with Crippen LogP contribution in [-0.4, -0.2) is 32.3 Å². The van der Waals surface area contributed by atoms with Crippen LogP contribution in [0.15, 0.2) is 24.3 Å². The Labute approximate surface area is 159 Å². The second-order valence-corrected chi connectivity index (χ2v) is 7.79. The van der Waals surface area contributed by atoms with Gasteiger partial charge in [-0.25, -0.2) is 9.48 Å². The number of tetrazole rings is 1. The molecular weight excluding hydrogens is 373 g/mol. The summed E-state index contributed by atoms with van der Waals surface area (Å²) in [6, 6.07) is 3.57. The Morgan fingerprint density at radius 2 is 2.07 bits per heavy atom. The minimum absolute atomic E-state index is 0.0973. The van der Waals surface area contributed by atoms with Crippen molar-refractivity contribution in [2.24, 2.45) is 12.5 Å². The minimum atomic E-state index is -4.48. The molecule has 0 aliphatic heterocycles. The monoisotopic (exact) mass is 394 g/mol. The maximum Gasteiger partial charge on any atom is 0.416 e. The molecular formula is C18H21F3N6O. The van der Waals surface area contributed by atoms with E-state index >= 15 is 0 Å². The second-order valence-electron chi connectivity index (χ2n) is 7.79. The van der Waals surface area contributed by atoms with Crippen LogP contribution in [0.4, 0.5) is 18.0 Å². The van der Waals surface area contributed by atoms with E-state index in [1.54, 1.807) is 7.05 Å². The van der Waals surface area contributed by atoms with Crippen molar-refractivity contribution < 1.29 is 18.0 Å². The van der Waals surface area contributed by atoms with Crippen LogP contribution >= 0.6 is 0 Å². The summed E-state index contributed by atoms with van der Waals surface area (Å²) in [4.78, 5) is 12.5. The fraction of sp³-hybridized carbons (Fsp3) is 0.556. The van der Waals surface area contributed by atoms with Crippen LogP contribution in [0, 0.1) is 5.41 Å². The Morgan fingerprint density at radius 3 is 2.64 bits per heavy atom. The summed E-state index contributed by atoms with van der Waals surface area (Å²) in [5.74, 6) is 0.249. The van der Waals surface area contributed by atoms with Gasteiger partial charge < -0.3 is 10.6 Å². The summed E-state index contributed by atoms with van der Waals surface area (Å²) in [7, 11) is 1.57. The molecule has 28 heavy (non-hydrogen) atoms. The SMILES string of the molecule is Cn1nnnc1C(NC(=O)NC1CC2(CCC2)C1)c1cccc(C(F)(F)F)c1. The lowest BCUT2D eigenvalue weighted by Gasteiger charge is -2.54. The molecule has 0 radical (unpaired) electrons. The molecule has 7 nitrogen and oxygen atoms in total. The number of nitrogens with one attached hydrogen (secondary N) is 2. The van der Waals surface area contributed by atoms with Crippen molar-refractivity contribution in [3.63, 3.8) is 0 Å². The van der Waals surface area contributed by atoms with Crippen molar-refractivity contribution in [2.45, 2.75) is 50.4 Å². The number of halogens is 3. The molecule has 150 valence electrons. The molecule has 1 aromatic carbocycles. The van der Waals surface area contributed by atoms with Crippen molar-refractivity contribution in [1.29, 1.82) is 0 Å². The summed E-state index contributed by atoms with van der Waals surface area (Å²) in [6.45, 7) is 0. The molecule has 2 aromatic rings. The zero-order valence-electron chi connectivity index (χ0n) is 15.3. The molecule has 0 saturated heterocycles. The molecule has 10 heteroatoms. The van der Waals surface area contributed by atoms with Gasteiger partial charge in [-0.3, -0.25) is 0 Å². The maximum atomic E-state index is 13.1. The van der Waals surface area contributed by atoms with Gasteiger partial charge in [0.05, 0.1) is 5.56 Å². The summed E-state index contributed by atoms with van der Waals surface area (Å²) in [5, 5.41) is 16.8. The highest BCUT2D eigenvalue weighted by Gasteiger charge is 2.48. The lowest BCUT2D eigenvalue weighted by atomic mass is 9.54. The summed E-state index contributed by atoms with van der Waals surface area (Å²) >= 11 is 0. The average molecular weight is 394 g/mol. The van der Waals surface area contributed by atoms with E-state index in [0.29, 0.717) is 5.41 Å². The summed E-state index contributed by atoms with van der Waals surface area (Å²) < 4.78 is 40.7. The lowest BCUT2D eigenvalue weighted by Crippen LogP contribution is -2.55. The van der Waals surface area contributed by atoms with Crippen LogP contribution in [0.2, 0.25) is 0 Å². The van der Waals surface area contributed by atoms with E-state index in [0.717, 1.165) is 25.0 Å². The van der Waals surface area contributed by atoms with Crippen LogP contribution in [0.3, 0.4) is 0 Å². The number of nitrogens with zero attached hydrogens (tertiary/aromatic N) is 4. The van der Waals surface area contributed by atoms with Crippen molar-refractivity contribution in [2.75, 3.05) is 0 Å². The van der Waals surface area contributed by atoms with E-state index in [9.17, 15) is 18.0 Å². The number of urea groups is 1. The highest BCUT2D eigenvalue weighted by atomic mass is 19.4. The van der Waals surface area contributed by atoms with Crippen molar-refractivity contribution in [3.05, 3.63) is 41.2 Å². The fourth-order valence-corrected chi connectivity index (χ4v) is 4.20. The van der Waals surface area contributed by atoms with Gasteiger partial charge in [-0.1, -0.05) is 18.6 Å². The molecule has 2 N–H and O–H groups in total. The standard InChI is InChI=1S/C18H21F3N6O/c1-27-15(24-25-26-27)14(11-4-2-5-12(8-11)18(19,20)21)23-16(28)22-13-9-17(10-13)6-3-7-17/h2,4-5,8,13-14H,3,6-7,9-10H2,1H3,(H2,22,23,28). The minimum Gasteiger partial charge on any atom is -0.335 e. The molecule has 1 unspecified atom stereocenters. The van der Waals surface area contributed by atoms with Gasteiger partial charge in [0.15, 0.2) is 5.82 Å². The normalized spacial score (nSPS) is 19.6. The molecule has 4 rings (SSSR count). The molecule has 1 spiro atoms. The van der Waals surface area contributed by atoms with E-state index in [1.807, 2.05) is 0 Å². The molecule has 2 aliphatic rings. The van der Waals surface area contributed by atoms with E-state index in [4.69, 9.17) is 0 Å². The van der Waals surface area contributed by atoms with E-state index in [1.165, 1.54) is 36.1 Å². The Bertz CT molecular complexity index is 868. The van der Waals surface area contributed by atoms with Crippen molar-refractivity contribution >= 4 is 6.03 Å². The Morgan fingerprint density at radius 1 is 1.32 bits per heavy atom. The van der Waals surface area contributed by atoms with Gasteiger partial charge in [0.1, 0.15) is 6.04 Å². The number of alkyl halides is 3. The number of benzene rings is 1. The molecule has 0 bridgehead atoms. The van der Waals surface area contributed by atoms with Crippen molar-refractivity contribution in [3.8, 4) is 0 Å². The lowest BCUT2D eigenvalue weighted by molar-refractivity contribution is -0.137. The van der Waals surface area contributed by atoms with E-state index in [2.05, 4.69) is 26.2 Å². The maximum absolute atomic E-state index is 13.1. The van der Waals surface area contributed by atoms with Crippen LogP contribution in [0.1, 0.15) is 55.1 Å². The Kier molecular flexibility index (Phi) is 4.51. The molecule has 1 aromatic heterocycles. The third-order valence-electron chi connectivity index (χ3n) is 5.84. The smallest absolute Gasteiger partial charge is 0.335 e. The first-order chi connectivity index (χ1) is 13.3. The first-order valence-corrected chi connectivity index (χ1v) is 9.22. The zero-order chi connectivity index (χ0) is 19.9. The molecule has 2 fully saturated rings. The van der Waals surface area contributed by atoms with Crippen LogP contribution < -0.4 is 10.6 Å². The molecule has 1 atom stereocenters. The summed E-state index contributed by atoms with van der Waals surface area (Å²) in [6.07, 6.45) is 1.11. The van der Waals surface area contributed by atoms with Gasteiger partial charge in [0, 0.05) is 13.1 Å². The molecule has 2 saturated carbocycles. The topological polar surface area (TPSA) is 84.7 Å². The highest BCUT2D eigenvalue weighted by Crippen LogP contribution is 2.55. The number of hydrogen-bond donors (Lipinski definition) is 2. The van der Waals surface area contributed by atoms with E-state index in [-0.39, 0.29) is 17.4 Å². The third kappa shape index (κ3) is 3.55. The van der Waals surface area contributed by atoms with Crippen LogP contribution in [0.25, 0.3) is 0 Å². The molecule has 2 amide bonds. The third-order valence-corrected chi connectivity index (χ3v) is 5.84. The van der Waals surface area contributed by atoms with Crippen LogP contribution in [0.5, 0.6) is 0 Å². The number of amides is 2. The predicted molar refractivity (Wildman–Crippen MR) is 93.1 cm³/mol. The molecule has 1 heterocycles. The highest BCUT2D eigenvalue weighted by molar-refractivity contribution is 5.75. The number of carbonyl (C=O) groups excluding carboxylic acids is 1. The summed E-state index contributed by atoms with van der Waals surface area (Å²) in [5.41, 5.74) is -0.128. The quantitative estimate of drug-likeness (QED) is 0.835. The zero-order valence-corrected chi connectivity index (χ0v) is 15.3. The largest absolute Gasteiger partial charge is 0.416 e. The first kappa shape index (κ1) is 18.7. The van der Waals surface area contributed by atoms with E-state index < -0.39 is 23.8 Å². The predicted octanol–water partition coefficient (Wildman–Crippen LogP) is 2.95. The van der Waals surface area contributed by atoms with Gasteiger partial charge in [0.25, 0.3) is 0 Å². The Balaban J connectivity index is 1.51. The number of hydrogen-bond acceptors (Lipinski definition) is 4. The number of carbonyl (C=O) groups is 1. The fourth-order valence-electron chi connectivity index (χ4n) is 4.20. The van der Waals surface area contributed by atoms with Gasteiger partial charge >= 0.3 is 12.2 Å². The van der Waals surface area contributed by atoms with Gasteiger partial charge in [-0.15, -0.1) is 5.10 Å². The van der Waals surface area contributed by atoms with Crippen molar-refractivity contribution in [1.82, 2.24) is 30.8 Å². The van der Waals surface area contributed by atoms with Gasteiger partial charge in [-0.05, 0) is 59.2 Å². The second kappa shape index (κ2) is 6.75. The number of aryl methyl sites for hydroxylation is 1.